The van der Waals surface area contributed by atoms with Crippen LogP contribution < -0.4 is 0 Å². The maximum atomic E-state index is 11.8. The fourth-order valence-corrected chi connectivity index (χ4v) is 0.401. The third-order valence-electron chi connectivity index (χ3n) is 0.917. The number of esters is 1. The zero-order valence-electron chi connectivity index (χ0n) is 6.55. The minimum Gasteiger partial charge on any atom is -0.394 e. The number of hydrogen-bond acceptors (Lipinski definition) is 2. The van der Waals surface area contributed by atoms with Crippen LogP contribution in [0.15, 0.2) is 0 Å². The number of carbonyl (C=O) groups is 1. The van der Waals surface area contributed by atoms with E-state index >= 15 is 0 Å². The molecule has 0 heterocycles. The molecule has 0 bridgehead atoms. The van der Waals surface area contributed by atoms with Gasteiger partial charge in [0.2, 0.25) is 0 Å². The van der Waals surface area contributed by atoms with Gasteiger partial charge in [-0.25, -0.2) is 0 Å². The molecular weight excluding hydrogens is 244 g/mol. The molecule has 2 nitrogen and oxygen atoms in total. The summed E-state index contributed by atoms with van der Waals surface area (Å²) in [7, 11) is 0. The fourth-order valence-electron chi connectivity index (χ4n) is 0.401. The molecule has 0 amide bonds. The maximum Gasteiger partial charge on any atom is 0.501 e. The second-order valence-corrected chi connectivity index (χ2v) is 2.28. The van der Waals surface area contributed by atoms with Crippen molar-refractivity contribution < 1.29 is 44.7 Å². The molecule has 0 aliphatic carbocycles. The molecule has 0 atom stereocenters. The first kappa shape index (κ1) is 13.9. The molecule has 0 fully saturated rings. The van der Waals surface area contributed by atoms with Gasteiger partial charge in [0.25, 0.3) is 0 Å². The average molecular weight is 246 g/mol. The van der Waals surface area contributed by atoms with Crippen molar-refractivity contribution in [3.05, 3.63) is 0 Å². The number of carbonyl (C=O) groups excluding carboxylic acids is 1. The lowest BCUT2D eigenvalue weighted by Gasteiger charge is -2.19. The zero-order chi connectivity index (χ0) is 12.5. The van der Waals surface area contributed by atoms with Crippen LogP contribution in [-0.4, -0.2) is 24.4 Å². The Morgan fingerprint density at radius 2 is 1.33 bits per heavy atom. The highest BCUT2D eigenvalue weighted by Crippen LogP contribution is 2.37. The van der Waals surface area contributed by atoms with Crippen LogP contribution in [0.3, 0.4) is 0 Å². The summed E-state index contributed by atoms with van der Waals surface area (Å²) in [4.78, 5) is 10.00. The monoisotopic (exact) mass is 246 g/mol. The van der Waals surface area contributed by atoms with Crippen molar-refractivity contribution in [1.82, 2.24) is 0 Å². The van der Waals surface area contributed by atoms with Gasteiger partial charge in [0.1, 0.15) is 6.42 Å². The van der Waals surface area contributed by atoms with Gasteiger partial charge in [0.05, 0.1) is 0 Å². The van der Waals surface area contributed by atoms with Gasteiger partial charge in [-0.15, -0.1) is 0 Å². The van der Waals surface area contributed by atoms with Crippen LogP contribution in [0, 0.1) is 0 Å². The van der Waals surface area contributed by atoms with E-state index < -0.39 is 30.9 Å². The van der Waals surface area contributed by atoms with Crippen LogP contribution in [-0.2, 0) is 9.53 Å². The fraction of sp³-hybridized carbons (Fsp3) is 0.800. The van der Waals surface area contributed by atoms with Crippen molar-refractivity contribution in [1.29, 1.82) is 0 Å². The van der Waals surface area contributed by atoms with E-state index in [2.05, 4.69) is 4.74 Å². The Bertz CT molecular complexity index is 238. The van der Waals surface area contributed by atoms with Crippen molar-refractivity contribution in [3.8, 4) is 0 Å². The van der Waals surface area contributed by atoms with E-state index in [1.54, 1.807) is 0 Å². The third kappa shape index (κ3) is 4.79. The molecule has 0 aromatic rings. The molecule has 0 saturated heterocycles. The lowest BCUT2D eigenvalue weighted by Crippen LogP contribution is -2.41. The van der Waals surface area contributed by atoms with E-state index in [-0.39, 0.29) is 0 Å². The molecule has 15 heavy (non-hydrogen) atoms. The molecule has 0 saturated carbocycles. The largest absolute Gasteiger partial charge is 0.501 e. The molecule has 0 aliphatic heterocycles. The Morgan fingerprint density at radius 1 is 0.933 bits per heavy atom. The topological polar surface area (TPSA) is 26.3 Å². The summed E-state index contributed by atoms with van der Waals surface area (Å²) in [6.07, 6.45) is -19.9. The van der Waals surface area contributed by atoms with Crippen LogP contribution in [0.4, 0.5) is 35.1 Å². The summed E-state index contributed by atoms with van der Waals surface area (Å²) in [5.41, 5.74) is 0. The summed E-state index contributed by atoms with van der Waals surface area (Å²) >= 11 is 0. The van der Waals surface area contributed by atoms with Crippen LogP contribution in [0.5, 0.6) is 0 Å². The lowest BCUT2D eigenvalue weighted by molar-refractivity contribution is -0.377. The first-order chi connectivity index (χ1) is 6.35. The predicted octanol–water partition coefficient (Wildman–Crippen LogP) is 2.64. The summed E-state index contributed by atoms with van der Waals surface area (Å²) in [6, 6.07) is 0. The molecule has 0 unspecified atom stereocenters. The number of rotatable bonds is 2. The van der Waals surface area contributed by atoms with E-state index in [0.717, 1.165) is 0 Å². The molecule has 0 aromatic carbocycles. The van der Waals surface area contributed by atoms with E-state index in [4.69, 9.17) is 0 Å². The zero-order valence-corrected chi connectivity index (χ0v) is 6.55. The van der Waals surface area contributed by atoms with E-state index in [1.165, 1.54) is 0 Å². The molecular formula is C5H2F8O2. The number of hydrogen-bond donors (Lipinski definition) is 0. The second kappa shape index (κ2) is 3.81. The molecule has 0 aliphatic rings. The smallest absolute Gasteiger partial charge is 0.394 e. The van der Waals surface area contributed by atoms with Gasteiger partial charge in [-0.3, -0.25) is 4.79 Å². The van der Waals surface area contributed by atoms with E-state index in [9.17, 15) is 39.9 Å². The molecule has 0 aromatic heterocycles. The quantitative estimate of drug-likeness (QED) is 0.553. The normalized spacial score (nSPS) is 13.9. The number of alkyl halides is 8. The first-order valence-corrected chi connectivity index (χ1v) is 3.08. The summed E-state index contributed by atoms with van der Waals surface area (Å²) in [5.74, 6) is -2.70. The van der Waals surface area contributed by atoms with Gasteiger partial charge < -0.3 is 4.74 Å². The van der Waals surface area contributed by atoms with Gasteiger partial charge in [-0.05, 0) is 0 Å². The molecule has 90 valence electrons. The highest BCUT2D eigenvalue weighted by molar-refractivity contribution is 5.70. The summed E-state index contributed by atoms with van der Waals surface area (Å²) in [6.45, 7) is 0. The van der Waals surface area contributed by atoms with Gasteiger partial charge in [0, 0.05) is 0 Å². The molecule has 0 rings (SSSR count). The number of ether oxygens (including phenoxy) is 1. The minimum absolute atomic E-state index is 2.36. The number of halogens is 8. The standard InChI is InChI=1S/C5H2F8O2/c6-3(7,8)1-2(14)15-5(12,13)4(9,10)11/h1H2. The maximum absolute atomic E-state index is 11.8. The van der Waals surface area contributed by atoms with Crippen molar-refractivity contribution in [2.45, 2.75) is 24.9 Å². The van der Waals surface area contributed by atoms with Crippen molar-refractivity contribution in [3.63, 3.8) is 0 Å². The SMILES string of the molecule is O=C(CC(F)(F)F)OC(F)(F)C(F)(F)F. The Labute approximate surface area is 76.8 Å². The van der Waals surface area contributed by atoms with Crippen LogP contribution in [0.25, 0.3) is 0 Å². The van der Waals surface area contributed by atoms with E-state index in [0.29, 0.717) is 0 Å². The molecule has 0 radical (unpaired) electrons. The second-order valence-electron chi connectivity index (χ2n) is 2.28. The third-order valence-corrected chi connectivity index (χ3v) is 0.917. The summed E-state index contributed by atoms with van der Waals surface area (Å²) < 4.78 is 94.0. The molecule has 10 heteroatoms. The van der Waals surface area contributed by atoms with Crippen molar-refractivity contribution >= 4 is 5.97 Å². The van der Waals surface area contributed by atoms with Gasteiger partial charge in [-0.2, -0.15) is 35.1 Å². The highest BCUT2D eigenvalue weighted by Gasteiger charge is 2.62. The Kier molecular flexibility index (Phi) is 3.54. The minimum atomic E-state index is -6.24. The first-order valence-electron chi connectivity index (χ1n) is 3.08. The van der Waals surface area contributed by atoms with Gasteiger partial charge >= 0.3 is 24.4 Å². The summed E-state index contributed by atoms with van der Waals surface area (Å²) in [5, 5.41) is 0. The Balaban J connectivity index is 4.43. The van der Waals surface area contributed by atoms with Gasteiger partial charge in [0.15, 0.2) is 0 Å². The van der Waals surface area contributed by atoms with Crippen LogP contribution >= 0.6 is 0 Å². The lowest BCUT2D eigenvalue weighted by atomic mass is 10.4. The molecule has 0 N–H and O–H groups in total. The van der Waals surface area contributed by atoms with Crippen molar-refractivity contribution in [2.75, 3.05) is 0 Å². The van der Waals surface area contributed by atoms with Crippen LogP contribution in [0.1, 0.15) is 6.42 Å². The molecule has 0 spiro atoms. The average Bonchev–Trinajstić information content (AvgIpc) is 1.75. The van der Waals surface area contributed by atoms with Gasteiger partial charge in [-0.1, -0.05) is 0 Å². The Morgan fingerprint density at radius 3 is 1.60 bits per heavy atom. The van der Waals surface area contributed by atoms with Crippen molar-refractivity contribution in [2.24, 2.45) is 0 Å². The Hall–Kier alpha value is -1.09. The van der Waals surface area contributed by atoms with E-state index in [1.807, 2.05) is 0 Å². The van der Waals surface area contributed by atoms with Crippen LogP contribution in [0.2, 0.25) is 0 Å². The highest BCUT2D eigenvalue weighted by atomic mass is 19.4. The predicted molar refractivity (Wildman–Crippen MR) is 27.8 cm³/mol.